The predicted octanol–water partition coefficient (Wildman–Crippen LogP) is 2.22. The molecule has 0 aromatic rings. The van der Waals surface area contributed by atoms with Crippen LogP contribution >= 0.6 is 11.6 Å². The summed E-state index contributed by atoms with van der Waals surface area (Å²) in [5, 5.41) is -2.89. The second kappa shape index (κ2) is 6.22. The third-order valence-corrected chi connectivity index (χ3v) is 4.76. The first-order valence-corrected chi connectivity index (χ1v) is 7.51. The average Bonchev–Trinajstić information content (AvgIpc) is 2.86. The molecule has 0 aromatic heterocycles. The van der Waals surface area contributed by atoms with E-state index in [9.17, 15) is 27.2 Å². The van der Waals surface area contributed by atoms with Gasteiger partial charge < -0.3 is 10.2 Å². The topological polar surface area (TPSA) is 49.4 Å². The van der Waals surface area contributed by atoms with Crippen molar-refractivity contribution in [1.29, 1.82) is 0 Å². The molecule has 3 unspecified atom stereocenters. The molecule has 2 aliphatic rings. The molecular weight excluding hydrogens is 328 g/mol. The predicted molar refractivity (Wildman–Crippen MR) is 70.8 cm³/mol. The number of hydrogen-bond donors (Lipinski definition) is 1. The van der Waals surface area contributed by atoms with Gasteiger partial charge in [0.1, 0.15) is 0 Å². The zero-order chi connectivity index (χ0) is 16.5. The Morgan fingerprint density at radius 1 is 1.09 bits per heavy atom. The molecule has 3 atom stereocenters. The SMILES string of the molecule is O=C(CNC(=O)C(F)(Cl)C(F)(F)F)N1CC2CCCCC2C1. The molecule has 1 saturated heterocycles. The summed E-state index contributed by atoms with van der Waals surface area (Å²) < 4.78 is 49.9. The number of carbonyl (C=O) groups excluding carboxylic acids is 2. The molecule has 0 spiro atoms. The highest BCUT2D eigenvalue weighted by Crippen LogP contribution is 2.38. The van der Waals surface area contributed by atoms with Crippen LogP contribution in [0.1, 0.15) is 25.7 Å². The Kier molecular flexibility index (Phi) is 4.89. The summed E-state index contributed by atoms with van der Waals surface area (Å²) >= 11 is 4.58. The lowest BCUT2D eigenvalue weighted by Crippen LogP contribution is -2.51. The van der Waals surface area contributed by atoms with Gasteiger partial charge in [0.05, 0.1) is 6.54 Å². The summed E-state index contributed by atoms with van der Waals surface area (Å²) in [6.45, 7) is 0.396. The highest BCUT2D eigenvalue weighted by molar-refractivity contribution is 6.34. The molecule has 2 amide bonds. The summed E-state index contributed by atoms with van der Waals surface area (Å²) in [6.07, 6.45) is -1.25. The van der Waals surface area contributed by atoms with Crippen LogP contribution in [0, 0.1) is 11.8 Å². The van der Waals surface area contributed by atoms with Gasteiger partial charge in [0.2, 0.25) is 5.91 Å². The van der Waals surface area contributed by atoms with Crippen molar-refractivity contribution in [2.45, 2.75) is 37.0 Å². The lowest BCUT2D eigenvalue weighted by molar-refractivity contribution is -0.200. The van der Waals surface area contributed by atoms with Gasteiger partial charge in [-0.25, -0.2) is 4.39 Å². The lowest BCUT2D eigenvalue weighted by Gasteiger charge is -2.22. The molecule has 0 bridgehead atoms. The molecule has 4 nitrogen and oxygen atoms in total. The Balaban J connectivity index is 1.84. The van der Waals surface area contributed by atoms with Gasteiger partial charge in [-0.3, -0.25) is 9.59 Å². The summed E-state index contributed by atoms with van der Waals surface area (Å²) in [6, 6.07) is 0. The Bertz CT molecular complexity index is 442. The molecule has 0 aromatic carbocycles. The van der Waals surface area contributed by atoms with Gasteiger partial charge >= 0.3 is 11.3 Å². The molecule has 0 radical (unpaired) electrons. The van der Waals surface area contributed by atoms with Gasteiger partial charge in [0.25, 0.3) is 5.91 Å². The van der Waals surface area contributed by atoms with Crippen LogP contribution in [0.3, 0.4) is 0 Å². The quantitative estimate of drug-likeness (QED) is 0.630. The zero-order valence-corrected chi connectivity index (χ0v) is 12.5. The molecule has 2 rings (SSSR count). The minimum absolute atomic E-state index is 0.414. The van der Waals surface area contributed by atoms with Crippen LogP contribution < -0.4 is 5.32 Å². The van der Waals surface area contributed by atoms with Crippen molar-refractivity contribution in [3.63, 3.8) is 0 Å². The molecule has 126 valence electrons. The number of carbonyl (C=O) groups is 2. The Morgan fingerprint density at radius 2 is 1.59 bits per heavy atom. The van der Waals surface area contributed by atoms with Crippen molar-refractivity contribution < 1.29 is 27.2 Å². The summed E-state index contributed by atoms with van der Waals surface area (Å²) in [7, 11) is 0. The number of amides is 2. The minimum Gasteiger partial charge on any atom is -0.343 e. The van der Waals surface area contributed by atoms with E-state index in [0.717, 1.165) is 25.7 Å². The van der Waals surface area contributed by atoms with Crippen molar-refractivity contribution in [3.8, 4) is 0 Å². The maximum Gasteiger partial charge on any atom is 0.446 e. The fourth-order valence-electron chi connectivity index (χ4n) is 3.12. The molecule has 9 heteroatoms. The van der Waals surface area contributed by atoms with Crippen molar-refractivity contribution in [2.75, 3.05) is 19.6 Å². The van der Waals surface area contributed by atoms with Crippen LogP contribution in [-0.2, 0) is 9.59 Å². The van der Waals surface area contributed by atoms with Crippen LogP contribution in [0.5, 0.6) is 0 Å². The van der Waals surface area contributed by atoms with E-state index in [1.54, 1.807) is 5.32 Å². The normalized spacial score (nSPS) is 28.0. The third-order valence-electron chi connectivity index (χ3n) is 4.37. The molecule has 1 saturated carbocycles. The first-order chi connectivity index (χ1) is 10.1. The molecule has 22 heavy (non-hydrogen) atoms. The van der Waals surface area contributed by atoms with E-state index >= 15 is 0 Å². The molecular formula is C13H17ClF4N2O2. The van der Waals surface area contributed by atoms with Crippen molar-refractivity contribution in [1.82, 2.24) is 10.2 Å². The number of fused-ring (bicyclic) bond motifs is 1. The number of nitrogens with zero attached hydrogens (tertiary/aromatic N) is 1. The average molecular weight is 345 g/mol. The molecule has 1 heterocycles. The highest BCUT2D eigenvalue weighted by Gasteiger charge is 2.61. The Labute approximate surface area is 130 Å². The number of hydrogen-bond acceptors (Lipinski definition) is 2. The number of nitrogens with one attached hydrogen (secondary N) is 1. The Morgan fingerprint density at radius 3 is 2.05 bits per heavy atom. The number of likely N-dealkylation sites (tertiary alicyclic amines) is 1. The van der Waals surface area contributed by atoms with E-state index in [2.05, 4.69) is 11.6 Å². The third kappa shape index (κ3) is 3.47. The van der Waals surface area contributed by atoms with Gasteiger partial charge in [-0.2, -0.15) is 13.2 Å². The van der Waals surface area contributed by atoms with Crippen molar-refractivity contribution >= 4 is 23.4 Å². The molecule has 1 aliphatic carbocycles. The summed E-state index contributed by atoms with van der Waals surface area (Å²) in [5.74, 6) is -1.75. The zero-order valence-electron chi connectivity index (χ0n) is 11.8. The van der Waals surface area contributed by atoms with Gasteiger partial charge in [-0.15, -0.1) is 0 Å². The van der Waals surface area contributed by atoms with Gasteiger partial charge in [-0.05, 0) is 24.7 Å². The number of rotatable bonds is 3. The van der Waals surface area contributed by atoms with E-state index in [1.807, 2.05) is 0 Å². The van der Waals surface area contributed by atoms with Crippen molar-refractivity contribution in [2.24, 2.45) is 11.8 Å². The minimum atomic E-state index is -5.54. The number of halogens is 5. The van der Waals surface area contributed by atoms with Crippen LogP contribution in [0.4, 0.5) is 17.6 Å². The maximum absolute atomic E-state index is 13.2. The van der Waals surface area contributed by atoms with E-state index in [0.29, 0.717) is 24.9 Å². The van der Waals surface area contributed by atoms with Gasteiger partial charge in [-0.1, -0.05) is 24.4 Å². The van der Waals surface area contributed by atoms with E-state index < -0.39 is 29.7 Å². The first-order valence-electron chi connectivity index (χ1n) is 7.13. The maximum atomic E-state index is 13.2. The Hall–Kier alpha value is -1.05. The monoisotopic (exact) mass is 344 g/mol. The van der Waals surface area contributed by atoms with Crippen molar-refractivity contribution in [3.05, 3.63) is 0 Å². The standard InChI is InChI=1S/C13H17ClF4N2O2/c14-12(15,13(16,17)18)11(22)19-5-10(21)20-6-8-3-1-2-4-9(8)7-20/h8-9H,1-7H2,(H,19,22). The van der Waals surface area contributed by atoms with E-state index in [4.69, 9.17) is 0 Å². The van der Waals surface area contributed by atoms with E-state index in [-0.39, 0.29) is 0 Å². The molecule has 2 fully saturated rings. The van der Waals surface area contributed by atoms with Crippen LogP contribution in [-0.4, -0.2) is 47.7 Å². The van der Waals surface area contributed by atoms with Crippen LogP contribution in [0.25, 0.3) is 0 Å². The number of alkyl halides is 5. The molecule has 1 aliphatic heterocycles. The molecule has 1 N–H and O–H groups in total. The van der Waals surface area contributed by atoms with Gasteiger partial charge in [0.15, 0.2) is 0 Å². The lowest BCUT2D eigenvalue weighted by atomic mass is 9.82. The second-order valence-corrected chi connectivity index (χ2v) is 6.38. The summed E-state index contributed by atoms with van der Waals surface area (Å²) in [4.78, 5) is 24.6. The van der Waals surface area contributed by atoms with Crippen LogP contribution in [0.2, 0.25) is 0 Å². The fraction of sp³-hybridized carbons (Fsp3) is 0.846. The second-order valence-electron chi connectivity index (χ2n) is 5.86. The van der Waals surface area contributed by atoms with E-state index in [1.165, 1.54) is 4.90 Å². The first kappa shape index (κ1) is 17.3. The highest BCUT2D eigenvalue weighted by atomic mass is 35.5. The van der Waals surface area contributed by atoms with Gasteiger partial charge in [0, 0.05) is 13.1 Å². The fourth-order valence-corrected chi connectivity index (χ4v) is 3.18. The largest absolute Gasteiger partial charge is 0.446 e. The smallest absolute Gasteiger partial charge is 0.343 e. The summed E-state index contributed by atoms with van der Waals surface area (Å²) in [5.41, 5.74) is 0. The van der Waals surface area contributed by atoms with Crippen LogP contribution in [0.15, 0.2) is 0 Å².